The van der Waals surface area contributed by atoms with Crippen molar-refractivity contribution in [3.05, 3.63) is 51.7 Å². The molecule has 0 fully saturated rings. The molecule has 3 nitrogen and oxygen atoms in total. The van der Waals surface area contributed by atoms with Gasteiger partial charge in [-0.3, -0.25) is 0 Å². The normalized spacial score (nSPS) is 10.2. The van der Waals surface area contributed by atoms with Gasteiger partial charge in [0, 0.05) is 25.0 Å². The first kappa shape index (κ1) is 14.6. The Morgan fingerprint density at radius 1 is 1.35 bits per heavy atom. The van der Waals surface area contributed by atoms with E-state index in [1.807, 2.05) is 26.2 Å². The maximum atomic E-state index is 9.32. The maximum absolute atomic E-state index is 9.32. The number of nitrogens with zero attached hydrogens (tertiary/aromatic N) is 2. The fourth-order valence-corrected chi connectivity index (χ4v) is 2.87. The predicted molar refractivity (Wildman–Crippen MR) is 85.2 cm³/mol. The van der Waals surface area contributed by atoms with Crippen LogP contribution in [0.5, 0.6) is 0 Å². The monoisotopic (exact) mass is 285 g/mol. The molecule has 0 bridgehead atoms. The molecule has 0 spiro atoms. The van der Waals surface area contributed by atoms with Crippen LogP contribution in [-0.4, -0.2) is 20.6 Å². The van der Waals surface area contributed by atoms with E-state index in [1.54, 1.807) is 11.3 Å². The molecular weight excluding hydrogens is 266 g/mol. The molecule has 0 amide bonds. The van der Waals surface area contributed by atoms with Crippen molar-refractivity contribution in [2.75, 3.05) is 25.5 Å². The van der Waals surface area contributed by atoms with Crippen molar-refractivity contribution < 1.29 is 0 Å². The lowest BCUT2D eigenvalue weighted by Crippen LogP contribution is -2.21. The molecule has 2 aromatic rings. The van der Waals surface area contributed by atoms with Gasteiger partial charge in [0.15, 0.2) is 0 Å². The Balaban J connectivity index is 2.08. The van der Waals surface area contributed by atoms with Crippen molar-refractivity contribution in [1.29, 1.82) is 5.26 Å². The fraction of sp³-hybridized carbons (Fsp3) is 0.312. The highest BCUT2D eigenvalue weighted by atomic mass is 32.1. The van der Waals surface area contributed by atoms with E-state index >= 15 is 0 Å². The molecule has 0 aliphatic rings. The molecule has 0 unspecified atom stereocenters. The van der Waals surface area contributed by atoms with Crippen LogP contribution < -0.4 is 10.2 Å². The topological polar surface area (TPSA) is 39.1 Å². The van der Waals surface area contributed by atoms with Gasteiger partial charge < -0.3 is 10.2 Å². The van der Waals surface area contributed by atoms with Gasteiger partial charge in [0.25, 0.3) is 0 Å². The summed E-state index contributed by atoms with van der Waals surface area (Å²) in [7, 11) is 3.95. The van der Waals surface area contributed by atoms with Gasteiger partial charge in [0.2, 0.25) is 0 Å². The number of rotatable bonds is 6. The second kappa shape index (κ2) is 7.09. The zero-order valence-electron chi connectivity index (χ0n) is 11.9. The standard InChI is InChI=1S/C16H19N3S/c1-18-12-13-5-6-16(14(10-13)11-17)19(2)8-7-15-4-3-9-20-15/h3-6,9-10,18H,7-8,12H2,1-2H3. The van der Waals surface area contributed by atoms with Gasteiger partial charge in [-0.05, 0) is 42.6 Å². The van der Waals surface area contributed by atoms with Gasteiger partial charge in [-0.2, -0.15) is 5.26 Å². The van der Waals surface area contributed by atoms with Crippen LogP contribution in [0.3, 0.4) is 0 Å². The van der Waals surface area contributed by atoms with Crippen LogP contribution >= 0.6 is 11.3 Å². The zero-order chi connectivity index (χ0) is 14.4. The minimum absolute atomic E-state index is 0.742. The number of thiophene rings is 1. The highest BCUT2D eigenvalue weighted by Gasteiger charge is 2.08. The highest BCUT2D eigenvalue weighted by molar-refractivity contribution is 7.09. The van der Waals surface area contributed by atoms with E-state index < -0.39 is 0 Å². The van der Waals surface area contributed by atoms with Crippen LogP contribution in [0.25, 0.3) is 0 Å². The molecule has 2 rings (SSSR count). The van der Waals surface area contributed by atoms with E-state index in [9.17, 15) is 5.26 Å². The van der Waals surface area contributed by atoms with E-state index in [2.05, 4.69) is 39.9 Å². The summed E-state index contributed by atoms with van der Waals surface area (Å²) in [6, 6.07) is 12.6. The van der Waals surface area contributed by atoms with Crippen LogP contribution in [0.2, 0.25) is 0 Å². The van der Waals surface area contributed by atoms with Gasteiger partial charge in [-0.1, -0.05) is 12.1 Å². The number of nitrogens with one attached hydrogen (secondary N) is 1. The van der Waals surface area contributed by atoms with Gasteiger partial charge >= 0.3 is 0 Å². The Morgan fingerprint density at radius 2 is 2.20 bits per heavy atom. The van der Waals surface area contributed by atoms with Gasteiger partial charge in [-0.15, -0.1) is 11.3 Å². The Kier molecular flexibility index (Phi) is 5.16. The molecule has 0 saturated heterocycles. The van der Waals surface area contributed by atoms with Crippen molar-refractivity contribution in [2.45, 2.75) is 13.0 Å². The lowest BCUT2D eigenvalue weighted by atomic mass is 10.1. The molecular formula is C16H19N3S. The molecule has 0 aliphatic carbocycles. The summed E-state index contributed by atoms with van der Waals surface area (Å²) in [5.41, 5.74) is 2.88. The van der Waals surface area contributed by atoms with E-state index in [1.165, 1.54) is 4.88 Å². The predicted octanol–water partition coefficient (Wildman–Crippen LogP) is 3.02. The number of hydrogen-bond acceptors (Lipinski definition) is 4. The largest absolute Gasteiger partial charge is 0.373 e. The van der Waals surface area contributed by atoms with Gasteiger partial charge in [-0.25, -0.2) is 0 Å². The molecule has 104 valence electrons. The second-order valence-electron chi connectivity index (χ2n) is 4.74. The summed E-state index contributed by atoms with van der Waals surface area (Å²) in [6.07, 6.45) is 1.01. The molecule has 1 heterocycles. The summed E-state index contributed by atoms with van der Waals surface area (Å²) in [6.45, 7) is 1.70. The molecule has 1 aromatic carbocycles. The number of anilines is 1. The highest BCUT2D eigenvalue weighted by Crippen LogP contribution is 2.21. The number of hydrogen-bond donors (Lipinski definition) is 1. The Morgan fingerprint density at radius 3 is 2.85 bits per heavy atom. The Labute approximate surface area is 124 Å². The van der Waals surface area contributed by atoms with Crippen LogP contribution in [0.15, 0.2) is 35.7 Å². The molecule has 0 saturated carbocycles. The second-order valence-corrected chi connectivity index (χ2v) is 5.78. The first-order chi connectivity index (χ1) is 9.74. The van der Waals surface area contributed by atoms with Crippen molar-refractivity contribution in [2.24, 2.45) is 0 Å². The average Bonchev–Trinajstić information content (AvgIpc) is 2.98. The average molecular weight is 285 g/mol. The lowest BCUT2D eigenvalue weighted by molar-refractivity contribution is 0.816. The third-order valence-electron chi connectivity index (χ3n) is 3.25. The SMILES string of the molecule is CNCc1ccc(N(C)CCc2cccs2)c(C#N)c1. The molecule has 0 atom stereocenters. The first-order valence-corrected chi connectivity index (χ1v) is 7.53. The zero-order valence-corrected chi connectivity index (χ0v) is 12.7. The van der Waals surface area contributed by atoms with Crippen LogP contribution in [-0.2, 0) is 13.0 Å². The molecule has 1 N–H and O–H groups in total. The van der Waals surface area contributed by atoms with Crippen LogP contribution in [0.4, 0.5) is 5.69 Å². The third-order valence-corrected chi connectivity index (χ3v) is 4.18. The minimum atomic E-state index is 0.742. The quantitative estimate of drug-likeness (QED) is 0.886. The molecule has 4 heteroatoms. The van der Waals surface area contributed by atoms with Crippen LogP contribution in [0, 0.1) is 11.3 Å². The summed E-state index contributed by atoms with van der Waals surface area (Å²) in [4.78, 5) is 3.53. The van der Waals surface area contributed by atoms with E-state index in [0.717, 1.165) is 36.3 Å². The first-order valence-electron chi connectivity index (χ1n) is 6.65. The molecule has 0 radical (unpaired) electrons. The van der Waals surface area contributed by atoms with Crippen molar-refractivity contribution in [3.63, 3.8) is 0 Å². The molecule has 1 aromatic heterocycles. The number of nitriles is 1. The lowest BCUT2D eigenvalue weighted by Gasteiger charge is -2.20. The van der Waals surface area contributed by atoms with Crippen LogP contribution in [0.1, 0.15) is 16.0 Å². The molecule has 20 heavy (non-hydrogen) atoms. The smallest absolute Gasteiger partial charge is 0.101 e. The van der Waals surface area contributed by atoms with E-state index in [4.69, 9.17) is 0 Å². The molecule has 0 aliphatic heterocycles. The minimum Gasteiger partial charge on any atom is -0.373 e. The Bertz CT molecular complexity index is 584. The summed E-state index contributed by atoms with van der Waals surface area (Å²) in [5.74, 6) is 0. The number of likely N-dealkylation sites (N-methyl/N-ethyl adjacent to an activating group) is 1. The third kappa shape index (κ3) is 3.60. The summed E-state index contributed by atoms with van der Waals surface area (Å²) in [5, 5.41) is 14.5. The summed E-state index contributed by atoms with van der Waals surface area (Å²) >= 11 is 1.78. The van der Waals surface area contributed by atoms with E-state index in [-0.39, 0.29) is 0 Å². The fourth-order valence-electron chi connectivity index (χ4n) is 2.17. The number of benzene rings is 1. The van der Waals surface area contributed by atoms with Crippen molar-refractivity contribution >= 4 is 17.0 Å². The Hall–Kier alpha value is -1.83. The maximum Gasteiger partial charge on any atom is 0.101 e. The van der Waals surface area contributed by atoms with Crippen molar-refractivity contribution in [1.82, 2.24) is 5.32 Å². The van der Waals surface area contributed by atoms with Crippen molar-refractivity contribution in [3.8, 4) is 6.07 Å². The van der Waals surface area contributed by atoms with Gasteiger partial charge in [0.05, 0.1) is 11.3 Å². The van der Waals surface area contributed by atoms with E-state index in [0.29, 0.717) is 0 Å². The van der Waals surface area contributed by atoms with Gasteiger partial charge in [0.1, 0.15) is 6.07 Å². The summed E-state index contributed by atoms with van der Waals surface area (Å²) < 4.78 is 0.